The fourth-order valence-electron chi connectivity index (χ4n) is 1.54. The molecule has 0 unspecified atom stereocenters. The zero-order chi connectivity index (χ0) is 15.2. The van der Waals surface area contributed by atoms with Crippen LogP contribution in [-0.2, 0) is 10.8 Å². The van der Waals surface area contributed by atoms with Crippen LogP contribution in [0.2, 0.25) is 0 Å². The molecule has 0 aliphatic rings. The molecule has 3 nitrogen and oxygen atoms in total. The molecular weight excluding hydrogens is 246 g/mol. The summed E-state index contributed by atoms with van der Waals surface area (Å²) in [6.45, 7) is 13.0. The molecule has 0 aliphatic heterocycles. The third kappa shape index (κ3) is 5.47. The van der Waals surface area contributed by atoms with Gasteiger partial charge in [0.25, 0.3) is 0 Å². The van der Waals surface area contributed by atoms with E-state index in [1.165, 1.54) is 11.1 Å². The molecule has 0 saturated heterocycles. The topological polar surface area (TPSA) is 38.7 Å². The van der Waals surface area contributed by atoms with E-state index in [9.17, 15) is 0 Å². The van der Waals surface area contributed by atoms with Crippen molar-refractivity contribution in [3.8, 4) is 0 Å². The molecule has 0 fully saturated rings. The number of hydrogen-bond donors (Lipinski definition) is 0. The predicted molar refractivity (Wildman–Crippen MR) is 83.7 cm³/mol. The predicted octanol–water partition coefficient (Wildman–Crippen LogP) is 4.15. The summed E-state index contributed by atoms with van der Waals surface area (Å²) < 4.78 is 0. The highest BCUT2D eigenvalue weighted by atomic mass is 14.8. The highest BCUT2D eigenvalue weighted by Gasteiger charge is 2.13. The molecule has 2 aromatic rings. The van der Waals surface area contributed by atoms with Crippen molar-refractivity contribution in [3.63, 3.8) is 0 Å². The molecule has 0 spiro atoms. The summed E-state index contributed by atoms with van der Waals surface area (Å²) >= 11 is 0. The van der Waals surface area contributed by atoms with Crippen LogP contribution in [0.4, 0.5) is 0 Å². The fraction of sp³-hybridized carbons (Fsp3) is 0.471. The Hall–Kier alpha value is -1.77. The molecule has 20 heavy (non-hydrogen) atoms. The highest BCUT2D eigenvalue weighted by Crippen LogP contribution is 2.20. The molecule has 3 heteroatoms. The number of hydrogen-bond acceptors (Lipinski definition) is 3. The third-order valence-corrected chi connectivity index (χ3v) is 2.97. The molecule has 2 rings (SSSR count). The minimum atomic E-state index is 0.168. The lowest BCUT2D eigenvalue weighted by atomic mass is 9.88. The second-order valence-electron chi connectivity index (χ2n) is 6.86. The molecule has 0 N–H and O–H groups in total. The van der Waals surface area contributed by atoms with Crippen LogP contribution < -0.4 is 0 Å². The summed E-state index contributed by atoms with van der Waals surface area (Å²) in [7, 11) is 0. The van der Waals surface area contributed by atoms with E-state index in [2.05, 4.69) is 68.6 Å². The maximum absolute atomic E-state index is 3.96. The summed E-state index contributed by atoms with van der Waals surface area (Å²) in [4.78, 5) is 11.8. The first-order valence-electron chi connectivity index (χ1n) is 6.87. The monoisotopic (exact) mass is 271 g/mol. The van der Waals surface area contributed by atoms with Gasteiger partial charge < -0.3 is 0 Å². The van der Waals surface area contributed by atoms with Crippen LogP contribution >= 0.6 is 0 Å². The molecule has 0 bridgehead atoms. The first-order valence-corrected chi connectivity index (χ1v) is 6.87. The van der Waals surface area contributed by atoms with Crippen molar-refractivity contribution >= 4 is 0 Å². The van der Waals surface area contributed by atoms with Crippen LogP contribution in [0, 0.1) is 0 Å². The van der Waals surface area contributed by atoms with E-state index in [4.69, 9.17) is 0 Å². The fourth-order valence-corrected chi connectivity index (χ4v) is 1.54. The van der Waals surface area contributed by atoms with Gasteiger partial charge >= 0.3 is 0 Å². The Morgan fingerprint density at radius 2 is 1.10 bits per heavy atom. The van der Waals surface area contributed by atoms with E-state index < -0.39 is 0 Å². The minimum Gasteiger partial charge on any atom is -0.265 e. The van der Waals surface area contributed by atoms with Gasteiger partial charge in [0, 0.05) is 24.8 Å². The van der Waals surface area contributed by atoms with Gasteiger partial charge in [0.2, 0.25) is 0 Å². The second-order valence-corrected chi connectivity index (χ2v) is 6.86. The van der Waals surface area contributed by atoms with E-state index in [1.54, 1.807) is 6.33 Å². The maximum Gasteiger partial charge on any atom is 0.115 e. The molecule has 2 aromatic heterocycles. The SMILES string of the molecule is CC(C)(C)c1ccncc1.CC(C)(C)c1cncnc1. The summed E-state index contributed by atoms with van der Waals surface area (Å²) in [5.74, 6) is 0. The summed E-state index contributed by atoms with van der Waals surface area (Å²) in [5.41, 5.74) is 2.93. The zero-order valence-corrected chi connectivity index (χ0v) is 13.4. The van der Waals surface area contributed by atoms with Crippen LogP contribution in [0.1, 0.15) is 52.7 Å². The van der Waals surface area contributed by atoms with Gasteiger partial charge in [-0.15, -0.1) is 0 Å². The molecule has 0 atom stereocenters. The van der Waals surface area contributed by atoms with Crippen molar-refractivity contribution in [2.24, 2.45) is 0 Å². The Labute approximate surface area is 122 Å². The third-order valence-electron chi connectivity index (χ3n) is 2.97. The molecule has 0 aromatic carbocycles. The first-order chi connectivity index (χ1) is 9.21. The number of pyridine rings is 1. The summed E-state index contributed by atoms with van der Waals surface area (Å²) in [6.07, 6.45) is 8.93. The van der Waals surface area contributed by atoms with Crippen molar-refractivity contribution in [2.75, 3.05) is 0 Å². The van der Waals surface area contributed by atoms with E-state index in [0.29, 0.717) is 0 Å². The first kappa shape index (κ1) is 16.3. The molecule has 2 heterocycles. The van der Waals surface area contributed by atoms with Crippen LogP contribution in [0.3, 0.4) is 0 Å². The molecule has 0 amide bonds. The Bertz CT molecular complexity index is 444. The average Bonchev–Trinajstić information content (AvgIpc) is 2.40. The largest absolute Gasteiger partial charge is 0.265 e. The van der Waals surface area contributed by atoms with Crippen molar-refractivity contribution in [1.29, 1.82) is 0 Å². The summed E-state index contributed by atoms with van der Waals surface area (Å²) in [6, 6.07) is 4.11. The van der Waals surface area contributed by atoms with E-state index in [1.807, 2.05) is 24.8 Å². The van der Waals surface area contributed by atoms with Crippen molar-refractivity contribution in [1.82, 2.24) is 15.0 Å². The lowest BCUT2D eigenvalue weighted by Gasteiger charge is -2.17. The number of nitrogens with zero attached hydrogens (tertiary/aromatic N) is 3. The van der Waals surface area contributed by atoms with Crippen LogP contribution in [0.15, 0.2) is 43.2 Å². The van der Waals surface area contributed by atoms with Crippen molar-refractivity contribution in [2.45, 2.75) is 52.4 Å². The highest BCUT2D eigenvalue weighted by molar-refractivity contribution is 5.18. The lowest BCUT2D eigenvalue weighted by molar-refractivity contribution is 0.584. The standard InChI is InChI=1S/C9H13N.C8H12N2/c1-9(2,3)8-4-6-10-7-5-8;1-8(2,3)7-4-9-6-10-5-7/h4-7H,1-3H3;4-6H,1-3H3. The molecule has 0 saturated carbocycles. The average molecular weight is 271 g/mol. The molecule has 108 valence electrons. The van der Waals surface area contributed by atoms with Gasteiger partial charge in [-0.1, -0.05) is 41.5 Å². The smallest absolute Gasteiger partial charge is 0.115 e. The number of rotatable bonds is 0. The minimum absolute atomic E-state index is 0.168. The number of aromatic nitrogens is 3. The van der Waals surface area contributed by atoms with Gasteiger partial charge in [-0.05, 0) is 34.1 Å². The Kier molecular flexibility index (Phi) is 5.37. The van der Waals surface area contributed by atoms with E-state index >= 15 is 0 Å². The summed E-state index contributed by atoms with van der Waals surface area (Å²) in [5, 5.41) is 0. The Morgan fingerprint density at radius 1 is 0.650 bits per heavy atom. The normalized spacial score (nSPS) is 11.5. The lowest BCUT2D eigenvalue weighted by Crippen LogP contribution is -2.11. The molecule has 0 aliphatic carbocycles. The van der Waals surface area contributed by atoms with Crippen LogP contribution in [0.5, 0.6) is 0 Å². The van der Waals surface area contributed by atoms with Crippen LogP contribution in [-0.4, -0.2) is 15.0 Å². The van der Waals surface area contributed by atoms with Gasteiger partial charge in [0.05, 0.1) is 0 Å². The zero-order valence-electron chi connectivity index (χ0n) is 13.4. The van der Waals surface area contributed by atoms with Crippen molar-refractivity contribution < 1.29 is 0 Å². The van der Waals surface area contributed by atoms with Gasteiger partial charge in [-0.2, -0.15) is 0 Å². The Balaban J connectivity index is 0.000000200. The van der Waals surface area contributed by atoms with Gasteiger partial charge in [-0.3, -0.25) is 4.98 Å². The Morgan fingerprint density at radius 3 is 1.40 bits per heavy atom. The van der Waals surface area contributed by atoms with Crippen molar-refractivity contribution in [3.05, 3.63) is 54.4 Å². The van der Waals surface area contributed by atoms with Gasteiger partial charge in [0.15, 0.2) is 0 Å². The van der Waals surface area contributed by atoms with E-state index in [0.717, 1.165) is 0 Å². The quantitative estimate of drug-likeness (QED) is 0.722. The van der Waals surface area contributed by atoms with E-state index in [-0.39, 0.29) is 10.8 Å². The van der Waals surface area contributed by atoms with Gasteiger partial charge in [0.1, 0.15) is 6.33 Å². The van der Waals surface area contributed by atoms with Gasteiger partial charge in [-0.25, -0.2) is 9.97 Å². The molecule has 0 radical (unpaired) electrons. The van der Waals surface area contributed by atoms with Crippen LogP contribution in [0.25, 0.3) is 0 Å². The maximum atomic E-state index is 3.96. The second kappa shape index (κ2) is 6.60. The molecular formula is C17H25N3.